The van der Waals surface area contributed by atoms with E-state index in [-0.39, 0.29) is 12.3 Å². The van der Waals surface area contributed by atoms with Crippen molar-refractivity contribution in [1.82, 2.24) is 4.90 Å². The van der Waals surface area contributed by atoms with Crippen molar-refractivity contribution in [2.45, 2.75) is 12.5 Å². The van der Waals surface area contributed by atoms with Gasteiger partial charge in [0.1, 0.15) is 11.8 Å². The number of hydrazone groups is 1. The topological polar surface area (TPSA) is 88.2 Å². The van der Waals surface area contributed by atoms with Crippen LogP contribution in [-0.2, 0) is 14.3 Å². The number of ether oxygens (including phenoxy) is 1. The summed E-state index contributed by atoms with van der Waals surface area (Å²) in [6.45, 7) is 2.15. The van der Waals surface area contributed by atoms with Crippen molar-refractivity contribution in [3.05, 3.63) is 30.3 Å². The van der Waals surface area contributed by atoms with Crippen molar-refractivity contribution in [1.29, 1.82) is 0 Å². The van der Waals surface area contributed by atoms with Crippen LogP contribution in [0.4, 0.5) is 5.69 Å². The Morgan fingerprint density at radius 1 is 1.18 bits per heavy atom. The van der Waals surface area contributed by atoms with E-state index < -0.39 is 11.9 Å². The molecule has 1 fully saturated rings. The number of nitrogens with zero attached hydrogens (tertiary/aromatic N) is 3. The number of carbonyl (C=O) groups excluding carboxylic acids is 2. The Morgan fingerprint density at radius 3 is 2.50 bits per heavy atom. The molecule has 1 atom stereocenters. The van der Waals surface area contributed by atoms with E-state index in [9.17, 15) is 9.59 Å². The van der Waals surface area contributed by atoms with Crippen molar-refractivity contribution in [3.8, 4) is 0 Å². The minimum Gasteiger partial charge on any atom is -0.378 e. The Hall–Kier alpha value is -2.41. The van der Waals surface area contributed by atoms with Crippen LogP contribution in [0.5, 0.6) is 0 Å². The SMILES string of the molecule is NC(=O)[C@H]1CC(C(=O)N2CCOCC2)=NN1c1ccccc1. The first-order chi connectivity index (χ1) is 10.7. The quantitative estimate of drug-likeness (QED) is 0.849. The highest BCUT2D eigenvalue weighted by molar-refractivity contribution is 6.40. The van der Waals surface area contributed by atoms with Crippen LogP contribution in [0.2, 0.25) is 0 Å². The highest BCUT2D eigenvalue weighted by Gasteiger charge is 2.36. The second-order valence-electron chi connectivity index (χ2n) is 5.25. The van der Waals surface area contributed by atoms with Crippen LogP contribution in [0.1, 0.15) is 6.42 Å². The first-order valence-electron chi connectivity index (χ1n) is 7.25. The van der Waals surface area contributed by atoms with Gasteiger partial charge in [-0.05, 0) is 12.1 Å². The molecular formula is C15H18N4O3. The van der Waals surface area contributed by atoms with Crippen LogP contribution in [0.3, 0.4) is 0 Å². The molecule has 2 heterocycles. The standard InChI is InChI=1S/C15H18N4O3/c16-14(20)13-10-12(15(21)18-6-8-22-9-7-18)17-19(13)11-4-2-1-3-5-11/h1-5,13H,6-10H2,(H2,16,20)/t13-/m1/s1. The van der Waals surface area contributed by atoms with Gasteiger partial charge in [0.25, 0.3) is 5.91 Å². The van der Waals surface area contributed by atoms with Gasteiger partial charge in [-0.15, -0.1) is 0 Å². The van der Waals surface area contributed by atoms with Crippen molar-refractivity contribution in [2.24, 2.45) is 10.8 Å². The molecule has 0 aliphatic carbocycles. The third kappa shape index (κ3) is 2.80. The molecule has 0 unspecified atom stereocenters. The van der Waals surface area contributed by atoms with E-state index in [0.29, 0.717) is 32.0 Å². The van der Waals surface area contributed by atoms with Crippen molar-refractivity contribution >= 4 is 23.2 Å². The third-order valence-electron chi connectivity index (χ3n) is 3.80. The Bertz CT molecular complexity index is 596. The number of primary amides is 1. The molecule has 0 bridgehead atoms. The van der Waals surface area contributed by atoms with E-state index in [0.717, 1.165) is 5.69 Å². The van der Waals surface area contributed by atoms with Gasteiger partial charge >= 0.3 is 0 Å². The monoisotopic (exact) mass is 302 g/mol. The highest BCUT2D eigenvalue weighted by Crippen LogP contribution is 2.25. The van der Waals surface area contributed by atoms with E-state index >= 15 is 0 Å². The van der Waals surface area contributed by atoms with Gasteiger partial charge in [0, 0.05) is 19.5 Å². The molecule has 7 heteroatoms. The summed E-state index contributed by atoms with van der Waals surface area (Å²) in [5, 5.41) is 5.89. The molecule has 1 aromatic carbocycles. The summed E-state index contributed by atoms with van der Waals surface area (Å²) in [6, 6.07) is 8.63. The first-order valence-corrected chi connectivity index (χ1v) is 7.25. The lowest BCUT2D eigenvalue weighted by atomic mass is 10.1. The van der Waals surface area contributed by atoms with Gasteiger partial charge in [0.05, 0.1) is 18.9 Å². The molecule has 3 rings (SSSR count). The van der Waals surface area contributed by atoms with Crippen molar-refractivity contribution in [3.63, 3.8) is 0 Å². The lowest BCUT2D eigenvalue weighted by Crippen LogP contribution is -2.44. The van der Waals surface area contributed by atoms with Crippen LogP contribution in [0.25, 0.3) is 0 Å². The minimum absolute atomic E-state index is 0.145. The van der Waals surface area contributed by atoms with E-state index in [1.165, 1.54) is 5.01 Å². The summed E-state index contributed by atoms with van der Waals surface area (Å²) < 4.78 is 5.24. The zero-order valence-corrected chi connectivity index (χ0v) is 12.1. The van der Waals surface area contributed by atoms with Gasteiger partial charge in [-0.25, -0.2) is 0 Å². The molecular weight excluding hydrogens is 284 g/mol. The summed E-state index contributed by atoms with van der Waals surface area (Å²) in [4.78, 5) is 25.9. The molecule has 0 aromatic heterocycles. The molecule has 2 amide bonds. The van der Waals surface area contributed by atoms with Gasteiger partial charge < -0.3 is 15.4 Å². The zero-order valence-electron chi connectivity index (χ0n) is 12.1. The fraction of sp³-hybridized carbons (Fsp3) is 0.400. The summed E-state index contributed by atoms with van der Waals surface area (Å²) in [5.74, 6) is -0.634. The van der Waals surface area contributed by atoms with Crippen LogP contribution < -0.4 is 10.7 Å². The minimum atomic E-state index is -0.623. The summed E-state index contributed by atoms with van der Waals surface area (Å²) >= 11 is 0. The predicted octanol–water partition coefficient (Wildman–Crippen LogP) is -0.0346. The maximum atomic E-state index is 12.5. The van der Waals surface area contributed by atoms with Gasteiger partial charge in [-0.3, -0.25) is 14.6 Å². The maximum absolute atomic E-state index is 12.5. The summed E-state index contributed by atoms with van der Waals surface area (Å²) in [6.07, 6.45) is 0.237. The number of anilines is 1. The molecule has 0 spiro atoms. The molecule has 0 radical (unpaired) electrons. The molecule has 0 saturated carbocycles. The maximum Gasteiger partial charge on any atom is 0.270 e. The van der Waals surface area contributed by atoms with E-state index in [2.05, 4.69) is 5.10 Å². The molecule has 1 saturated heterocycles. The molecule has 2 aliphatic heterocycles. The number of carbonyl (C=O) groups is 2. The lowest BCUT2D eigenvalue weighted by molar-refractivity contribution is -0.128. The van der Waals surface area contributed by atoms with Crippen LogP contribution >= 0.6 is 0 Å². The number of para-hydroxylation sites is 1. The molecule has 1 aromatic rings. The Kier molecular flexibility index (Phi) is 4.06. The number of nitrogens with two attached hydrogens (primary N) is 1. The number of hydrogen-bond acceptors (Lipinski definition) is 5. The second-order valence-corrected chi connectivity index (χ2v) is 5.25. The average Bonchev–Trinajstić information content (AvgIpc) is 3.01. The van der Waals surface area contributed by atoms with Gasteiger partial charge in [0.15, 0.2) is 0 Å². The Labute approximate surface area is 128 Å². The van der Waals surface area contributed by atoms with Crippen molar-refractivity contribution in [2.75, 3.05) is 31.3 Å². The van der Waals surface area contributed by atoms with Gasteiger partial charge in [-0.2, -0.15) is 5.10 Å². The Balaban J connectivity index is 1.83. The average molecular weight is 302 g/mol. The number of hydrogen-bond donors (Lipinski definition) is 1. The van der Waals surface area contributed by atoms with Crippen molar-refractivity contribution < 1.29 is 14.3 Å². The Morgan fingerprint density at radius 2 is 1.86 bits per heavy atom. The first kappa shape index (κ1) is 14.5. The number of amides is 2. The number of benzene rings is 1. The zero-order chi connectivity index (χ0) is 15.5. The van der Waals surface area contributed by atoms with E-state index in [1.807, 2.05) is 30.3 Å². The van der Waals surface area contributed by atoms with E-state index in [4.69, 9.17) is 10.5 Å². The summed E-state index contributed by atoms with van der Waals surface area (Å²) in [7, 11) is 0. The third-order valence-corrected chi connectivity index (χ3v) is 3.80. The van der Waals surface area contributed by atoms with Crippen LogP contribution in [-0.4, -0.2) is 54.8 Å². The van der Waals surface area contributed by atoms with Gasteiger partial charge in [0.2, 0.25) is 5.91 Å². The highest BCUT2D eigenvalue weighted by atomic mass is 16.5. The van der Waals surface area contributed by atoms with Gasteiger partial charge in [-0.1, -0.05) is 18.2 Å². The smallest absolute Gasteiger partial charge is 0.270 e. The summed E-state index contributed by atoms with van der Waals surface area (Å²) in [5.41, 5.74) is 6.58. The number of rotatable bonds is 3. The largest absolute Gasteiger partial charge is 0.378 e. The fourth-order valence-electron chi connectivity index (χ4n) is 2.63. The van der Waals surface area contributed by atoms with Crippen LogP contribution in [0, 0.1) is 0 Å². The normalized spacial score (nSPS) is 21.6. The fourth-order valence-corrected chi connectivity index (χ4v) is 2.63. The molecule has 22 heavy (non-hydrogen) atoms. The lowest BCUT2D eigenvalue weighted by Gasteiger charge is -2.26. The number of morpholine rings is 1. The molecule has 2 aliphatic rings. The molecule has 7 nitrogen and oxygen atoms in total. The predicted molar refractivity (Wildman–Crippen MR) is 81.4 cm³/mol. The molecule has 2 N–H and O–H groups in total. The van der Waals surface area contributed by atoms with E-state index in [1.54, 1.807) is 4.90 Å². The second kappa shape index (κ2) is 6.15. The molecule has 116 valence electrons. The van der Waals surface area contributed by atoms with Crippen LogP contribution in [0.15, 0.2) is 35.4 Å².